The number of thiazole rings is 1. The van der Waals surface area contributed by atoms with Crippen molar-refractivity contribution in [3.63, 3.8) is 0 Å². The number of carbonyl (C=O) groups excluding carboxylic acids is 2. The molecule has 1 N–H and O–H groups in total. The van der Waals surface area contributed by atoms with Gasteiger partial charge in [0, 0.05) is 16.1 Å². The van der Waals surface area contributed by atoms with Gasteiger partial charge in [-0.25, -0.2) is 4.98 Å². The molecule has 1 aromatic heterocycles. The summed E-state index contributed by atoms with van der Waals surface area (Å²) in [5.74, 6) is -1.02. The Kier molecular flexibility index (Phi) is 6.15. The molecule has 3 aromatic carbocycles. The van der Waals surface area contributed by atoms with Gasteiger partial charge in [0.25, 0.3) is 5.78 Å². The van der Waals surface area contributed by atoms with Crippen molar-refractivity contribution < 1.29 is 24.2 Å². The van der Waals surface area contributed by atoms with Gasteiger partial charge in [0.2, 0.25) is 0 Å². The summed E-state index contributed by atoms with van der Waals surface area (Å²) in [4.78, 5) is 32.9. The van der Waals surface area contributed by atoms with Crippen LogP contribution >= 0.6 is 22.9 Å². The lowest BCUT2D eigenvalue weighted by atomic mass is 9.94. The lowest BCUT2D eigenvalue weighted by Crippen LogP contribution is -2.29. The van der Waals surface area contributed by atoms with Gasteiger partial charge in [-0.05, 0) is 67.1 Å². The first-order chi connectivity index (χ1) is 17.3. The third-order valence-corrected chi connectivity index (χ3v) is 7.30. The number of hydrogen-bond donors (Lipinski definition) is 1. The van der Waals surface area contributed by atoms with Gasteiger partial charge in [0.1, 0.15) is 23.3 Å². The molecule has 1 aliphatic heterocycles. The van der Waals surface area contributed by atoms with E-state index < -0.39 is 17.7 Å². The third kappa shape index (κ3) is 3.98. The Hall–Kier alpha value is -3.88. The predicted molar refractivity (Wildman–Crippen MR) is 140 cm³/mol. The third-order valence-electron chi connectivity index (χ3n) is 6.03. The number of halogens is 1. The number of rotatable bonds is 5. The molecule has 0 spiro atoms. The van der Waals surface area contributed by atoms with Crippen LogP contribution in [0.3, 0.4) is 0 Å². The summed E-state index contributed by atoms with van der Waals surface area (Å²) in [6, 6.07) is 16.2. The van der Waals surface area contributed by atoms with Gasteiger partial charge in [-0.15, -0.1) is 0 Å². The van der Waals surface area contributed by atoms with Crippen molar-refractivity contribution in [3.05, 3.63) is 87.9 Å². The van der Waals surface area contributed by atoms with E-state index in [2.05, 4.69) is 4.98 Å². The highest BCUT2D eigenvalue weighted by atomic mass is 35.5. The molecule has 0 radical (unpaired) electrons. The Bertz CT molecular complexity index is 1540. The minimum absolute atomic E-state index is 0.0793. The van der Waals surface area contributed by atoms with Crippen molar-refractivity contribution in [1.29, 1.82) is 0 Å². The second-order valence-corrected chi connectivity index (χ2v) is 9.70. The maximum Gasteiger partial charge on any atom is 0.301 e. The number of aliphatic hydroxyl groups excluding tert-OH is 1. The molecule has 1 atom stereocenters. The molecule has 1 fully saturated rings. The van der Waals surface area contributed by atoms with Gasteiger partial charge >= 0.3 is 5.91 Å². The van der Waals surface area contributed by atoms with E-state index in [1.807, 2.05) is 25.1 Å². The van der Waals surface area contributed by atoms with Crippen molar-refractivity contribution >= 4 is 55.7 Å². The first-order valence-corrected chi connectivity index (χ1v) is 12.2. The molecule has 36 heavy (non-hydrogen) atoms. The summed E-state index contributed by atoms with van der Waals surface area (Å²) in [6.07, 6.45) is 0. The van der Waals surface area contributed by atoms with E-state index in [4.69, 9.17) is 21.1 Å². The number of fused-ring (bicyclic) bond motifs is 1. The molecule has 2 heterocycles. The molecular weight excluding hydrogens is 500 g/mol. The molecule has 0 saturated carbocycles. The van der Waals surface area contributed by atoms with Gasteiger partial charge in [-0.3, -0.25) is 14.5 Å². The minimum atomic E-state index is -1.01. The van der Waals surface area contributed by atoms with Crippen molar-refractivity contribution in [2.75, 3.05) is 19.1 Å². The Morgan fingerprint density at radius 1 is 1.03 bits per heavy atom. The van der Waals surface area contributed by atoms with E-state index in [0.29, 0.717) is 38.3 Å². The zero-order chi connectivity index (χ0) is 25.6. The standard InChI is InChI=1S/C27H21ClN2O5S/c1-14-4-10-19-21(12-14)36-27(29-19)30-23(18-13-17(34-2)9-11-20(18)35-3)22(25(32)26(30)33)24(31)15-5-7-16(28)8-6-15/h4-13,23,31H,1-3H3/t23-/m0/s1. The van der Waals surface area contributed by atoms with Gasteiger partial charge in [-0.2, -0.15) is 0 Å². The number of ether oxygens (including phenoxy) is 2. The van der Waals surface area contributed by atoms with Gasteiger partial charge in [0.05, 0.1) is 30.0 Å². The quantitative estimate of drug-likeness (QED) is 0.200. The molecule has 182 valence electrons. The van der Waals surface area contributed by atoms with Crippen LogP contribution in [0.5, 0.6) is 11.5 Å². The molecule has 4 aromatic rings. The zero-order valence-electron chi connectivity index (χ0n) is 19.6. The van der Waals surface area contributed by atoms with Crippen LogP contribution < -0.4 is 14.4 Å². The summed E-state index contributed by atoms with van der Waals surface area (Å²) < 4.78 is 11.9. The maximum atomic E-state index is 13.5. The number of Topliss-reactive ketones (excluding diaryl/α,β-unsaturated/α-hetero) is 1. The molecule has 0 aliphatic carbocycles. The first-order valence-electron chi connectivity index (χ1n) is 11.0. The SMILES string of the molecule is COc1ccc(OC)c([C@H]2C(=C(O)c3ccc(Cl)cc3)C(=O)C(=O)N2c2nc3ccc(C)cc3s2)c1. The molecule has 1 saturated heterocycles. The second kappa shape index (κ2) is 9.29. The summed E-state index contributed by atoms with van der Waals surface area (Å²) in [5, 5.41) is 12.1. The summed E-state index contributed by atoms with van der Waals surface area (Å²) in [6.45, 7) is 1.97. The largest absolute Gasteiger partial charge is 0.507 e. The predicted octanol–water partition coefficient (Wildman–Crippen LogP) is 5.90. The van der Waals surface area contributed by atoms with Crippen LogP contribution in [0.15, 0.2) is 66.2 Å². The highest BCUT2D eigenvalue weighted by molar-refractivity contribution is 7.22. The number of aryl methyl sites for hydroxylation is 1. The monoisotopic (exact) mass is 520 g/mol. The number of nitrogens with zero attached hydrogens (tertiary/aromatic N) is 2. The van der Waals surface area contributed by atoms with E-state index in [1.165, 1.54) is 30.5 Å². The maximum absolute atomic E-state index is 13.5. The molecule has 1 aliphatic rings. The number of hydrogen-bond acceptors (Lipinski definition) is 7. The molecule has 5 rings (SSSR count). The average Bonchev–Trinajstić information content (AvgIpc) is 3.41. The molecule has 7 nitrogen and oxygen atoms in total. The van der Waals surface area contributed by atoms with Crippen molar-refractivity contribution in [3.8, 4) is 11.5 Å². The normalized spacial score (nSPS) is 17.1. The number of anilines is 1. The second-order valence-electron chi connectivity index (χ2n) is 8.25. The highest BCUT2D eigenvalue weighted by Crippen LogP contribution is 2.47. The lowest BCUT2D eigenvalue weighted by molar-refractivity contribution is -0.132. The number of amides is 1. The summed E-state index contributed by atoms with van der Waals surface area (Å²) in [5.41, 5.74) is 2.50. The van der Waals surface area contributed by atoms with E-state index in [0.717, 1.165) is 10.3 Å². The Morgan fingerprint density at radius 3 is 2.47 bits per heavy atom. The number of aromatic nitrogens is 1. The zero-order valence-corrected chi connectivity index (χ0v) is 21.2. The van der Waals surface area contributed by atoms with Crippen LogP contribution in [0.4, 0.5) is 5.13 Å². The van der Waals surface area contributed by atoms with Gasteiger partial charge in [0.15, 0.2) is 5.13 Å². The van der Waals surface area contributed by atoms with E-state index in [9.17, 15) is 14.7 Å². The molecule has 9 heteroatoms. The van der Waals surface area contributed by atoms with E-state index in [1.54, 1.807) is 42.5 Å². The number of ketones is 1. The Labute approximate surface area is 216 Å². The van der Waals surface area contributed by atoms with Crippen molar-refractivity contribution in [2.45, 2.75) is 13.0 Å². The molecule has 1 amide bonds. The fourth-order valence-electron chi connectivity index (χ4n) is 4.26. The summed E-state index contributed by atoms with van der Waals surface area (Å²) >= 11 is 7.31. The van der Waals surface area contributed by atoms with Crippen LogP contribution in [0.1, 0.15) is 22.7 Å². The minimum Gasteiger partial charge on any atom is -0.507 e. The molecular formula is C27H21ClN2O5S. The lowest BCUT2D eigenvalue weighted by Gasteiger charge is -2.25. The Morgan fingerprint density at radius 2 is 1.78 bits per heavy atom. The number of carbonyl (C=O) groups is 2. The van der Waals surface area contributed by atoms with Crippen LogP contribution in [0.25, 0.3) is 16.0 Å². The van der Waals surface area contributed by atoms with Crippen LogP contribution in [-0.2, 0) is 9.59 Å². The molecule has 0 unspecified atom stereocenters. The van der Waals surface area contributed by atoms with Crippen LogP contribution in [0, 0.1) is 6.92 Å². The highest BCUT2D eigenvalue weighted by Gasteiger charge is 2.49. The smallest absolute Gasteiger partial charge is 0.301 e. The van der Waals surface area contributed by atoms with Crippen LogP contribution in [0.2, 0.25) is 5.02 Å². The first kappa shape index (κ1) is 23.8. The van der Waals surface area contributed by atoms with E-state index >= 15 is 0 Å². The topological polar surface area (TPSA) is 89.0 Å². The average molecular weight is 521 g/mol. The van der Waals surface area contributed by atoms with Crippen molar-refractivity contribution in [1.82, 2.24) is 4.98 Å². The number of methoxy groups -OCH3 is 2. The van der Waals surface area contributed by atoms with Gasteiger partial charge in [-0.1, -0.05) is 29.0 Å². The summed E-state index contributed by atoms with van der Waals surface area (Å²) in [7, 11) is 3.02. The van der Waals surface area contributed by atoms with Gasteiger partial charge < -0.3 is 14.6 Å². The van der Waals surface area contributed by atoms with Crippen LogP contribution in [-0.4, -0.2) is 36.0 Å². The fraction of sp³-hybridized carbons (Fsp3) is 0.148. The van der Waals surface area contributed by atoms with E-state index in [-0.39, 0.29) is 11.3 Å². The molecule has 0 bridgehead atoms. The number of aliphatic hydroxyl groups is 1. The Balaban J connectivity index is 1.78. The fourth-order valence-corrected chi connectivity index (χ4v) is 5.48. The van der Waals surface area contributed by atoms with Crippen molar-refractivity contribution in [2.24, 2.45) is 0 Å². The number of benzene rings is 3.